The number of rotatable bonds is 7. The summed E-state index contributed by atoms with van der Waals surface area (Å²) in [4.78, 5) is 20.0. The Bertz CT molecular complexity index is 1130. The summed E-state index contributed by atoms with van der Waals surface area (Å²) in [5.41, 5.74) is 8.60. The molecule has 0 aliphatic carbocycles. The monoisotopic (exact) mass is 393 g/mol. The first-order valence-corrected chi connectivity index (χ1v) is 9.08. The highest BCUT2D eigenvalue weighted by molar-refractivity contribution is 5.83. The molecule has 1 amide bonds. The van der Waals surface area contributed by atoms with E-state index in [1.807, 2.05) is 41.8 Å². The van der Waals surface area contributed by atoms with Gasteiger partial charge in [-0.15, -0.1) is 0 Å². The second-order valence-electron chi connectivity index (χ2n) is 6.18. The van der Waals surface area contributed by atoms with Gasteiger partial charge in [-0.1, -0.05) is 6.92 Å². The van der Waals surface area contributed by atoms with Crippen LogP contribution in [0.5, 0.6) is 5.75 Å². The molecule has 0 saturated heterocycles. The fourth-order valence-corrected chi connectivity index (χ4v) is 2.88. The number of amides is 1. The summed E-state index contributed by atoms with van der Waals surface area (Å²) < 4.78 is 12.3. The van der Waals surface area contributed by atoms with E-state index in [0.717, 1.165) is 11.2 Å². The van der Waals surface area contributed by atoms with Gasteiger partial charge in [0.2, 0.25) is 5.91 Å². The van der Waals surface area contributed by atoms with Crippen LogP contribution < -0.4 is 15.8 Å². The number of nitrogens with zero attached hydrogens (tertiary/aromatic N) is 5. The van der Waals surface area contributed by atoms with Gasteiger partial charge in [0.25, 0.3) is 0 Å². The van der Waals surface area contributed by atoms with E-state index in [2.05, 4.69) is 25.6 Å². The minimum Gasteiger partial charge on any atom is -0.492 e. The third-order valence-electron chi connectivity index (χ3n) is 4.29. The van der Waals surface area contributed by atoms with Crippen molar-refractivity contribution in [3.63, 3.8) is 0 Å². The first-order chi connectivity index (χ1) is 14.2. The number of nitrogen functional groups attached to an aromatic ring is 1. The molecule has 0 aliphatic heterocycles. The maximum absolute atomic E-state index is 11.3. The fraction of sp³-hybridized carbons (Fsp3) is 0.211. The Morgan fingerprint density at radius 2 is 2.07 bits per heavy atom. The molecule has 0 saturated carbocycles. The molecule has 29 heavy (non-hydrogen) atoms. The lowest BCUT2D eigenvalue weighted by Crippen LogP contribution is -2.27. The van der Waals surface area contributed by atoms with Crippen LogP contribution in [0.3, 0.4) is 0 Å². The number of benzene rings is 1. The Labute approximate surface area is 165 Å². The minimum atomic E-state index is -0.000396. The quantitative estimate of drug-likeness (QED) is 0.455. The fourth-order valence-electron chi connectivity index (χ4n) is 2.88. The zero-order chi connectivity index (χ0) is 20.2. The van der Waals surface area contributed by atoms with Crippen molar-refractivity contribution in [2.75, 3.05) is 18.9 Å². The molecule has 10 heteroatoms. The van der Waals surface area contributed by atoms with Crippen LogP contribution in [0.4, 0.5) is 5.82 Å². The van der Waals surface area contributed by atoms with Crippen LogP contribution in [-0.4, -0.2) is 43.9 Å². The molecule has 0 unspecified atom stereocenters. The topological polar surface area (TPSA) is 134 Å². The highest BCUT2D eigenvalue weighted by Crippen LogP contribution is 2.30. The van der Waals surface area contributed by atoms with Gasteiger partial charge in [0.05, 0.1) is 18.3 Å². The first-order valence-electron chi connectivity index (χ1n) is 9.08. The number of carbonyl (C=O) groups is 1. The Kier molecular flexibility index (Phi) is 5.06. The van der Waals surface area contributed by atoms with Crippen molar-refractivity contribution in [1.29, 1.82) is 0 Å². The summed E-state index contributed by atoms with van der Waals surface area (Å²) in [5, 5.41) is 10.3. The van der Waals surface area contributed by atoms with Crippen molar-refractivity contribution >= 4 is 22.8 Å². The zero-order valence-electron chi connectivity index (χ0n) is 15.7. The van der Waals surface area contributed by atoms with Crippen LogP contribution in [0.25, 0.3) is 28.2 Å². The normalized spacial score (nSPS) is 10.9. The van der Waals surface area contributed by atoms with Gasteiger partial charge in [0, 0.05) is 18.3 Å². The highest BCUT2D eigenvalue weighted by atomic mass is 16.6. The van der Waals surface area contributed by atoms with Crippen LogP contribution in [0.1, 0.15) is 13.3 Å². The number of hydrogen-bond donors (Lipinski definition) is 2. The third kappa shape index (κ3) is 3.72. The number of imidazole rings is 1. The summed E-state index contributed by atoms with van der Waals surface area (Å²) in [7, 11) is 0. The predicted molar refractivity (Wildman–Crippen MR) is 105 cm³/mol. The third-order valence-corrected chi connectivity index (χ3v) is 4.29. The van der Waals surface area contributed by atoms with Crippen molar-refractivity contribution in [2.45, 2.75) is 13.3 Å². The maximum atomic E-state index is 11.3. The van der Waals surface area contributed by atoms with E-state index in [0.29, 0.717) is 42.4 Å². The summed E-state index contributed by atoms with van der Waals surface area (Å²) in [6, 6.07) is 9.34. The van der Waals surface area contributed by atoms with Crippen LogP contribution in [-0.2, 0) is 4.79 Å². The molecule has 3 heterocycles. The molecule has 0 atom stereocenters. The van der Waals surface area contributed by atoms with Crippen LogP contribution in [0.15, 0.2) is 47.4 Å². The Balaban J connectivity index is 1.61. The van der Waals surface area contributed by atoms with Crippen LogP contribution in [0, 0.1) is 0 Å². The minimum absolute atomic E-state index is 0.000396. The summed E-state index contributed by atoms with van der Waals surface area (Å²) >= 11 is 0. The first kappa shape index (κ1) is 18.4. The predicted octanol–water partition coefficient (Wildman–Crippen LogP) is 1.96. The van der Waals surface area contributed by atoms with Gasteiger partial charge in [-0.05, 0) is 40.6 Å². The van der Waals surface area contributed by atoms with Gasteiger partial charge in [-0.3, -0.25) is 14.3 Å². The molecule has 4 rings (SSSR count). The molecule has 0 fully saturated rings. The van der Waals surface area contributed by atoms with E-state index in [4.69, 9.17) is 15.1 Å². The summed E-state index contributed by atoms with van der Waals surface area (Å²) in [5.74, 6) is 1.35. The van der Waals surface area contributed by atoms with E-state index in [1.165, 1.54) is 0 Å². The number of ether oxygens (including phenoxy) is 1. The van der Waals surface area contributed by atoms with Gasteiger partial charge in [-0.25, -0.2) is 9.61 Å². The molecule has 3 aromatic heterocycles. The van der Waals surface area contributed by atoms with Gasteiger partial charge < -0.3 is 15.8 Å². The Morgan fingerprint density at radius 1 is 1.24 bits per heavy atom. The standard InChI is InChI=1S/C19H19N7O3/c1-2-16(27)22-9-10-28-13-5-3-12(4-6-13)26-15-7-8-21-11-14(15)23-19(26)17-18(20)25-29-24-17/h3-8,11H,2,9-10H2,1H3,(H2,20,25)(H,22,27). The molecule has 0 bridgehead atoms. The van der Waals surface area contributed by atoms with Crippen molar-refractivity contribution in [3.05, 3.63) is 42.7 Å². The van der Waals surface area contributed by atoms with Crippen molar-refractivity contribution in [2.24, 2.45) is 0 Å². The molecule has 1 aromatic carbocycles. The number of carbonyl (C=O) groups excluding carboxylic acids is 1. The molecule has 0 radical (unpaired) electrons. The Hall–Kier alpha value is -3.95. The lowest BCUT2D eigenvalue weighted by molar-refractivity contribution is -0.120. The molecule has 148 valence electrons. The number of nitrogens with one attached hydrogen (secondary N) is 1. The lowest BCUT2D eigenvalue weighted by atomic mass is 10.2. The highest BCUT2D eigenvalue weighted by Gasteiger charge is 2.20. The van der Waals surface area contributed by atoms with E-state index in [1.54, 1.807) is 12.4 Å². The molecular weight excluding hydrogens is 374 g/mol. The second-order valence-corrected chi connectivity index (χ2v) is 6.18. The van der Waals surface area contributed by atoms with E-state index in [-0.39, 0.29) is 11.7 Å². The smallest absolute Gasteiger partial charge is 0.219 e. The number of hydrogen-bond acceptors (Lipinski definition) is 8. The summed E-state index contributed by atoms with van der Waals surface area (Å²) in [6.07, 6.45) is 3.81. The molecule has 0 spiro atoms. The van der Waals surface area contributed by atoms with Gasteiger partial charge in [-0.2, -0.15) is 0 Å². The molecule has 10 nitrogen and oxygen atoms in total. The summed E-state index contributed by atoms with van der Waals surface area (Å²) in [6.45, 7) is 2.65. The van der Waals surface area contributed by atoms with E-state index < -0.39 is 0 Å². The van der Waals surface area contributed by atoms with Crippen molar-refractivity contribution in [1.82, 2.24) is 30.2 Å². The zero-order valence-corrected chi connectivity index (χ0v) is 15.7. The van der Waals surface area contributed by atoms with Gasteiger partial charge >= 0.3 is 0 Å². The van der Waals surface area contributed by atoms with E-state index in [9.17, 15) is 4.79 Å². The molecule has 0 aliphatic rings. The lowest BCUT2D eigenvalue weighted by Gasteiger charge is -2.10. The molecule has 3 N–H and O–H groups in total. The molecular formula is C19H19N7O3. The number of aromatic nitrogens is 5. The van der Waals surface area contributed by atoms with Crippen molar-refractivity contribution in [3.8, 4) is 23.0 Å². The second kappa shape index (κ2) is 7.97. The Morgan fingerprint density at radius 3 is 2.79 bits per heavy atom. The number of anilines is 1. The van der Waals surface area contributed by atoms with E-state index >= 15 is 0 Å². The van der Waals surface area contributed by atoms with Gasteiger partial charge in [0.15, 0.2) is 17.3 Å². The number of fused-ring (bicyclic) bond motifs is 1. The van der Waals surface area contributed by atoms with Crippen molar-refractivity contribution < 1.29 is 14.2 Å². The van der Waals surface area contributed by atoms with Crippen LogP contribution >= 0.6 is 0 Å². The SMILES string of the molecule is CCC(=O)NCCOc1ccc(-n2c(-c3nonc3N)nc3cnccc32)cc1. The average Bonchev–Trinajstić information content (AvgIpc) is 3.34. The maximum Gasteiger partial charge on any atom is 0.219 e. The average molecular weight is 393 g/mol. The van der Waals surface area contributed by atoms with Crippen LogP contribution in [0.2, 0.25) is 0 Å². The number of pyridine rings is 1. The largest absolute Gasteiger partial charge is 0.492 e. The molecule has 4 aromatic rings. The number of nitrogens with two attached hydrogens (primary N) is 1. The van der Waals surface area contributed by atoms with Gasteiger partial charge in [0.1, 0.15) is 17.9 Å².